The van der Waals surface area contributed by atoms with Crippen LogP contribution in [0.3, 0.4) is 0 Å². The van der Waals surface area contributed by atoms with Gasteiger partial charge in [0.15, 0.2) is 11.5 Å². The van der Waals surface area contributed by atoms with Crippen LogP contribution in [0.15, 0.2) is 18.6 Å². The van der Waals surface area contributed by atoms with Gasteiger partial charge in [0, 0.05) is 12.4 Å². The number of nitrogen functional groups attached to an aromatic ring is 1. The molecule has 0 aromatic carbocycles. The molecule has 2 aromatic rings. The third-order valence-corrected chi connectivity index (χ3v) is 3.44. The van der Waals surface area contributed by atoms with Gasteiger partial charge >= 0.3 is 0 Å². The lowest BCUT2D eigenvalue weighted by molar-refractivity contribution is 0.116. The Kier molecular flexibility index (Phi) is 2.79. The van der Waals surface area contributed by atoms with E-state index < -0.39 is 0 Å². The Bertz CT molecular complexity index is 552. The summed E-state index contributed by atoms with van der Waals surface area (Å²) in [5.41, 5.74) is 6.50. The number of aromatic nitrogens is 3. The number of rotatable bonds is 2. The summed E-state index contributed by atoms with van der Waals surface area (Å²) in [4.78, 5) is 8.53. The Labute approximate surface area is 105 Å². The molecule has 2 atom stereocenters. The fraction of sp³-hybridized carbons (Fsp3) is 0.500. The van der Waals surface area contributed by atoms with Crippen molar-refractivity contribution in [1.82, 2.24) is 14.4 Å². The standard InChI is InChI=1S/C12H17N5O/c13-10-7-17-6-5-14-12(17)11(16-10)15-8-3-1-2-4-9(8)18/h5-9,18H,1-4,13H2,(H,15,16). The van der Waals surface area contributed by atoms with Crippen molar-refractivity contribution in [2.24, 2.45) is 0 Å². The highest BCUT2D eigenvalue weighted by atomic mass is 16.3. The molecule has 0 aliphatic heterocycles. The predicted molar refractivity (Wildman–Crippen MR) is 69.3 cm³/mol. The molecule has 0 bridgehead atoms. The third-order valence-electron chi connectivity index (χ3n) is 3.44. The highest BCUT2D eigenvalue weighted by Gasteiger charge is 2.24. The molecule has 1 aliphatic rings. The summed E-state index contributed by atoms with van der Waals surface area (Å²) in [5, 5.41) is 13.2. The van der Waals surface area contributed by atoms with Gasteiger partial charge in [0.1, 0.15) is 5.82 Å². The number of aliphatic hydroxyl groups is 1. The molecule has 2 aromatic heterocycles. The van der Waals surface area contributed by atoms with Crippen LogP contribution >= 0.6 is 0 Å². The first kappa shape index (κ1) is 11.3. The minimum atomic E-state index is -0.322. The van der Waals surface area contributed by atoms with Crippen molar-refractivity contribution >= 4 is 17.3 Å². The molecule has 96 valence electrons. The number of nitrogens with one attached hydrogen (secondary N) is 1. The maximum atomic E-state index is 9.97. The number of aliphatic hydroxyl groups excluding tert-OH is 1. The van der Waals surface area contributed by atoms with Crippen LogP contribution in [0, 0.1) is 0 Å². The molecule has 0 amide bonds. The Morgan fingerprint density at radius 1 is 1.39 bits per heavy atom. The van der Waals surface area contributed by atoms with E-state index in [1.165, 1.54) is 0 Å². The Balaban J connectivity index is 1.91. The van der Waals surface area contributed by atoms with E-state index in [1.807, 2.05) is 10.6 Å². The topological polar surface area (TPSA) is 88.5 Å². The van der Waals surface area contributed by atoms with Gasteiger partial charge in [-0.25, -0.2) is 9.97 Å². The zero-order valence-electron chi connectivity index (χ0n) is 10.1. The number of nitrogens with zero attached hydrogens (tertiary/aromatic N) is 3. The molecule has 4 N–H and O–H groups in total. The van der Waals surface area contributed by atoms with Crippen LogP contribution in [0.5, 0.6) is 0 Å². The lowest BCUT2D eigenvalue weighted by Crippen LogP contribution is -2.36. The first-order valence-electron chi connectivity index (χ1n) is 6.28. The van der Waals surface area contributed by atoms with Gasteiger partial charge in [0.2, 0.25) is 0 Å². The van der Waals surface area contributed by atoms with Crippen LogP contribution in [0.2, 0.25) is 0 Å². The van der Waals surface area contributed by atoms with Crippen molar-refractivity contribution in [3.05, 3.63) is 18.6 Å². The van der Waals surface area contributed by atoms with Crippen molar-refractivity contribution in [1.29, 1.82) is 0 Å². The van der Waals surface area contributed by atoms with Gasteiger partial charge in [-0.2, -0.15) is 0 Å². The number of fused-ring (bicyclic) bond motifs is 1. The molecule has 6 nitrogen and oxygen atoms in total. The average Bonchev–Trinajstić information content (AvgIpc) is 2.80. The Morgan fingerprint density at radius 2 is 2.22 bits per heavy atom. The summed E-state index contributed by atoms with van der Waals surface area (Å²) < 4.78 is 1.83. The molecule has 2 unspecified atom stereocenters. The highest BCUT2D eigenvalue weighted by Crippen LogP contribution is 2.23. The minimum absolute atomic E-state index is 0.0357. The highest BCUT2D eigenvalue weighted by molar-refractivity contribution is 5.65. The van der Waals surface area contributed by atoms with Crippen LogP contribution in [-0.2, 0) is 0 Å². The fourth-order valence-corrected chi connectivity index (χ4v) is 2.50. The summed E-state index contributed by atoms with van der Waals surface area (Å²) in [6.45, 7) is 0. The Hall–Kier alpha value is -1.82. The van der Waals surface area contributed by atoms with Gasteiger partial charge in [0.05, 0.1) is 18.3 Å². The van der Waals surface area contributed by atoms with E-state index in [2.05, 4.69) is 15.3 Å². The quantitative estimate of drug-likeness (QED) is 0.737. The first-order valence-corrected chi connectivity index (χ1v) is 6.28. The zero-order valence-corrected chi connectivity index (χ0v) is 10.1. The summed E-state index contributed by atoms with van der Waals surface area (Å²) in [5.74, 6) is 1.08. The largest absolute Gasteiger partial charge is 0.391 e. The summed E-state index contributed by atoms with van der Waals surface area (Å²) >= 11 is 0. The lowest BCUT2D eigenvalue weighted by atomic mass is 9.93. The van der Waals surface area contributed by atoms with Crippen LogP contribution in [0.1, 0.15) is 25.7 Å². The van der Waals surface area contributed by atoms with Gasteiger partial charge in [-0.3, -0.25) is 0 Å². The first-order chi connectivity index (χ1) is 8.74. The van der Waals surface area contributed by atoms with Gasteiger partial charge in [-0.05, 0) is 12.8 Å². The minimum Gasteiger partial charge on any atom is -0.391 e. The van der Waals surface area contributed by atoms with Crippen molar-refractivity contribution in [2.75, 3.05) is 11.1 Å². The summed E-state index contributed by atoms with van der Waals surface area (Å²) in [7, 11) is 0. The molecule has 1 saturated carbocycles. The second kappa shape index (κ2) is 4.45. The maximum absolute atomic E-state index is 9.97. The molecule has 3 rings (SSSR count). The second-order valence-electron chi connectivity index (χ2n) is 4.78. The predicted octanol–water partition coefficient (Wildman–Crippen LogP) is 1.03. The molecule has 0 saturated heterocycles. The van der Waals surface area contributed by atoms with Crippen molar-refractivity contribution < 1.29 is 5.11 Å². The molecule has 0 radical (unpaired) electrons. The van der Waals surface area contributed by atoms with Crippen LogP contribution < -0.4 is 11.1 Å². The molecule has 18 heavy (non-hydrogen) atoms. The van der Waals surface area contributed by atoms with Crippen LogP contribution in [0.25, 0.3) is 5.65 Å². The van der Waals surface area contributed by atoms with E-state index in [1.54, 1.807) is 12.4 Å². The van der Waals surface area contributed by atoms with E-state index in [9.17, 15) is 5.11 Å². The van der Waals surface area contributed by atoms with E-state index >= 15 is 0 Å². The van der Waals surface area contributed by atoms with Crippen LogP contribution in [-0.4, -0.2) is 31.6 Å². The molecular formula is C12H17N5O. The zero-order chi connectivity index (χ0) is 12.5. The van der Waals surface area contributed by atoms with E-state index in [4.69, 9.17) is 5.73 Å². The molecule has 0 spiro atoms. The van der Waals surface area contributed by atoms with Gasteiger partial charge < -0.3 is 20.6 Å². The number of anilines is 2. The van der Waals surface area contributed by atoms with E-state index in [0.29, 0.717) is 11.6 Å². The second-order valence-corrected chi connectivity index (χ2v) is 4.78. The van der Waals surface area contributed by atoms with Gasteiger partial charge in [-0.1, -0.05) is 12.8 Å². The number of imidazole rings is 1. The molecule has 1 fully saturated rings. The van der Waals surface area contributed by atoms with Crippen molar-refractivity contribution in [3.63, 3.8) is 0 Å². The molecule has 6 heteroatoms. The Morgan fingerprint density at radius 3 is 3.06 bits per heavy atom. The van der Waals surface area contributed by atoms with E-state index in [0.717, 1.165) is 31.3 Å². The number of hydrogen-bond donors (Lipinski definition) is 3. The van der Waals surface area contributed by atoms with Crippen LogP contribution in [0.4, 0.5) is 11.6 Å². The maximum Gasteiger partial charge on any atom is 0.180 e. The summed E-state index contributed by atoms with van der Waals surface area (Å²) in [6, 6.07) is 0.0357. The van der Waals surface area contributed by atoms with Crippen molar-refractivity contribution in [3.8, 4) is 0 Å². The SMILES string of the molecule is Nc1cn2ccnc2c(NC2CCCCC2O)n1. The van der Waals surface area contributed by atoms with Crippen molar-refractivity contribution in [2.45, 2.75) is 37.8 Å². The fourth-order valence-electron chi connectivity index (χ4n) is 2.50. The van der Waals surface area contributed by atoms with Gasteiger partial charge in [-0.15, -0.1) is 0 Å². The average molecular weight is 247 g/mol. The molecular weight excluding hydrogens is 230 g/mol. The van der Waals surface area contributed by atoms with E-state index in [-0.39, 0.29) is 12.1 Å². The normalized spacial score (nSPS) is 24.3. The van der Waals surface area contributed by atoms with Gasteiger partial charge in [0.25, 0.3) is 0 Å². The lowest BCUT2D eigenvalue weighted by Gasteiger charge is -2.28. The monoisotopic (exact) mass is 247 g/mol. The number of nitrogens with two attached hydrogens (primary N) is 1. The smallest absolute Gasteiger partial charge is 0.180 e. The molecule has 1 aliphatic carbocycles. The third kappa shape index (κ3) is 1.99. The summed E-state index contributed by atoms with van der Waals surface area (Å²) in [6.07, 6.45) is 8.94. The molecule has 2 heterocycles. The number of hydrogen-bond acceptors (Lipinski definition) is 5.